The highest BCUT2D eigenvalue weighted by molar-refractivity contribution is 6.01. The van der Waals surface area contributed by atoms with Gasteiger partial charge >= 0.3 is 0 Å². The average molecular weight is 382 g/mol. The van der Waals surface area contributed by atoms with E-state index in [0.29, 0.717) is 12.0 Å². The molecule has 1 aliphatic rings. The third-order valence-electron chi connectivity index (χ3n) is 5.02. The van der Waals surface area contributed by atoms with Crippen LogP contribution in [0.3, 0.4) is 0 Å². The first kappa shape index (κ1) is 18.4. The van der Waals surface area contributed by atoms with Crippen molar-refractivity contribution in [1.29, 1.82) is 5.26 Å². The van der Waals surface area contributed by atoms with Crippen LogP contribution in [0.4, 0.5) is 5.69 Å². The van der Waals surface area contributed by atoms with Gasteiger partial charge in [0, 0.05) is 18.6 Å². The van der Waals surface area contributed by atoms with Crippen molar-refractivity contribution in [2.24, 2.45) is 5.10 Å². The Bertz CT molecular complexity index is 1090. The van der Waals surface area contributed by atoms with Gasteiger partial charge in [-0.2, -0.15) is 10.4 Å². The number of nitro benzene ring substituents is 1. The third-order valence-corrected chi connectivity index (χ3v) is 5.02. The molecule has 0 fully saturated rings. The lowest BCUT2D eigenvalue weighted by Crippen LogP contribution is -2.24. The molecule has 0 spiro atoms. The van der Waals surface area contributed by atoms with Crippen LogP contribution < -0.4 is 0 Å². The maximum absolute atomic E-state index is 11.2. The molecule has 29 heavy (non-hydrogen) atoms. The van der Waals surface area contributed by atoms with E-state index in [9.17, 15) is 15.4 Å². The molecule has 1 heterocycles. The third kappa shape index (κ3) is 3.71. The summed E-state index contributed by atoms with van der Waals surface area (Å²) in [6.45, 7) is 0. The van der Waals surface area contributed by atoms with Crippen molar-refractivity contribution in [2.75, 3.05) is 0 Å². The van der Waals surface area contributed by atoms with Crippen LogP contribution in [-0.4, -0.2) is 15.6 Å². The van der Waals surface area contributed by atoms with Gasteiger partial charge in [-0.05, 0) is 16.7 Å². The first-order valence-corrected chi connectivity index (χ1v) is 9.27. The number of hydrogen-bond acceptors (Lipinski definition) is 5. The number of hydrogen-bond donors (Lipinski definition) is 0. The van der Waals surface area contributed by atoms with Gasteiger partial charge in [0.1, 0.15) is 0 Å². The predicted octanol–water partition coefficient (Wildman–Crippen LogP) is 5.01. The summed E-state index contributed by atoms with van der Waals surface area (Å²) >= 11 is 0. The quantitative estimate of drug-likeness (QED) is 0.459. The maximum atomic E-state index is 11.2. The minimum atomic E-state index is -0.735. The highest BCUT2D eigenvalue weighted by atomic mass is 16.6. The minimum Gasteiger partial charge on any atom is -0.267 e. The predicted molar refractivity (Wildman–Crippen MR) is 110 cm³/mol. The van der Waals surface area contributed by atoms with Crippen molar-refractivity contribution in [1.82, 2.24) is 5.01 Å². The van der Waals surface area contributed by atoms with E-state index in [1.807, 2.05) is 60.7 Å². The SMILES string of the molecule is N#CC(c1cccc([N+](=O)[O-])c1)N1N=C(c2ccccc2)CC1c1ccccc1. The summed E-state index contributed by atoms with van der Waals surface area (Å²) in [7, 11) is 0. The fourth-order valence-corrected chi connectivity index (χ4v) is 3.61. The second kappa shape index (κ2) is 7.95. The second-order valence-electron chi connectivity index (χ2n) is 6.81. The van der Waals surface area contributed by atoms with Crippen LogP contribution in [0, 0.1) is 21.4 Å². The number of hydrazone groups is 1. The van der Waals surface area contributed by atoms with Gasteiger partial charge in [-0.1, -0.05) is 72.8 Å². The van der Waals surface area contributed by atoms with Crippen LogP contribution in [-0.2, 0) is 0 Å². The molecule has 3 aromatic carbocycles. The summed E-state index contributed by atoms with van der Waals surface area (Å²) in [5.74, 6) is 0. The van der Waals surface area contributed by atoms with Crippen molar-refractivity contribution in [3.8, 4) is 6.07 Å². The molecule has 0 amide bonds. The molecule has 3 aromatic rings. The fourth-order valence-electron chi connectivity index (χ4n) is 3.61. The zero-order valence-corrected chi connectivity index (χ0v) is 15.6. The van der Waals surface area contributed by atoms with Crippen molar-refractivity contribution < 1.29 is 4.92 Å². The number of nitro groups is 1. The Hall–Kier alpha value is -3.98. The number of nitriles is 1. The van der Waals surface area contributed by atoms with Crippen molar-refractivity contribution >= 4 is 11.4 Å². The molecule has 6 heteroatoms. The van der Waals surface area contributed by atoms with Crippen LogP contribution in [0.1, 0.15) is 35.2 Å². The summed E-state index contributed by atoms with van der Waals surface area (Å²) in [5.41, 5.74) is 3.47. The Morgan fingerprint density at radius 1 is 1.03 bits per heavy atom. The molecule has 0 aliphatic carbocycles. The molecule has 2 atom stereocenters. The Morgan fingerprint density at radius 2 is 1.72 bits per heavy atom. The van der Waals surface area contributed by atoms with Gasteiger partial charge in [0.05, 0.1) is 22.7 Å². The van der Waals surface area contributed by atoms with Gasteiger partial charge in [-0.15, -0.1) is 0 Å². The van der Waals surface area contributed by atoms with E-state index in [-0.39, 0.29) is 11.7 Å². The number of nitrogens with zero attached hydrogens (tertiary/aromatic N) is 4. The van der Waals surface area contributed by atoms with E-state index in [1.165, 1.54) is 12.1 Å². The second-order valence-corrected chi connectivity index (χ2v) is 6.81. The first-order chi connectivity index (χ1) is 14.2. The van der Waals surface area contributed by atoms with Crippen molar-refractivity contribution in [2.45, 2.75) is 18.5 Å². The summed E-state index contributed by atoms with van der Waals surface area (Å²) in [6, 6.07) is 27.4. The lowest BCUT2D eigenvalue weighted by molar-refractivity contribution is -0.384. The van der Waals surface area contributed by atoms with E-state index < -0.39 is 11.0 Å². The summed E-state index contributed by atoms with van der Waals surface area (Å²) in [5, 5.41) is 27.7. The first-order valence-electron chi connectivity index (χ1n) is 9.27. The van der Waals surface area contributed by atoms with Gasteiger partial charge in [0.15, 0.2) is 6.04 Å². The van der Waals surface area contributed by atoms with Crippen LogP contribution in [0.5, 0.6) is 0 Å². The highest BCUT2D eigenvalue weighted by Crippen LogP contribution is 2.39. The lowest BCUT2D eigenvalue weighted by Gasteiger charge is -2.28. The summed E-state index contributed by atoms with van der Waals surface area (Å²) in [4.78, 5) is 10.7. The Kier molecular flexibility index (Phi) is 5.04. The maximum Gasteiger partial charge on any atom is 0.269 e. The van der Waals surface area contributed by atoms with Crippen LogP contribution in [0.25, 0.3) is 0 Å². The van der Waals surface area contributed by atoms with Crippen LogP contribution >= 0.6 is 0 Å². The average Bonchev–Trinajstić information content (AvgIpc) is 3.21. The number of benzene rings is 3. The van der Waals surface area contributed by atoms with E-state index in [1.54, 1.807) is 17.1 Å². The summed E-state index contributed by atoms with van der Waals surface area (Å²) in [6.07, 6.45) is 0.654. The van der Waals surface area contributed by atoms with Crippen molar-refractivity contribution in [3.05, 3.63) is 112 Å². The van der Waals surface area contributed by atoms with Crippen LogP contribution in [0.2, 0.25) is 0 Å². The molecule has 0 aromatic heterocycles. The molecule has 142 valence electrons. The van der Waals surface area contributed by atoms with Gasteiger partial charge < -0.3 is 0 Å². The fraction of sp³-hybridized carbons (Fsp3) is 0.130. The molecular weight excluding hydrogens is 364 g/mol. The highest BCUT2D eigenvalue weighted by Gasteiger charge is 2.34. The smallest absolute Gasteiger partial charge is 0.267 e. The molecule has 6 nitrogen and oxygen atoms in total. The largest absolute Gasteiger partial charge is 0.269 e. The molecule has 0 bridgehead atoms. The molecule has 0 N–H and O–H groups in total. The Morgan fingerprint density at radius 3 is 2.38 bits per heavy atom. The normalized spacial score (nSPS) is 16.7. The van der Waals surface area contributed by atoms with Crippen LogP contribution in [0.15, 0.2) is 90.0 Å². The minimum absolute atomic E-state index is 0.0366. The topological polar surface area (TPSA) is 82.5 Å². The Balaban J connectivity index is 1.77. The Labute approximate surface area is 168 Å². The molecule has 2 unspecified atom stereocenters. The monoisotopic (exact) mass is 382 g/mol. The molecule has 0 saturated heterocycles. The van der Waals surface area contributed by atoms with Gasteiger partial charge in [0.2, 0.25) is 0 Å². The van der Waals surface area contributed by atoms with E-state index in [0.717, 1.165) is 16.8 Å². The standard InChI is InChI=1S/C23H18N4O2/c24-16-23(19-12-7-13-20(14-19)27(28)29)26-22(18-10-5-2-6-11-18)15-21(25-26)17-8-3-1-4-9-17/h1-14,22-23H,15H2. The molecular formula is C23H18N4O2. The van der Waals surface area contributed by atoms with Gasteiger partial charge in [-0.25, -0.2) is 0 Å². The van der Waals surface area contributed by atoms with Gasteiger partial charge in [0.25, 0.3) is 5.69 Å². The molecule has 0 saturated carbocycles. The van der Waals surface area contributed by atoms with E-state index in [2.05, 4.69) is 6.07 Å². The van der Waals surface area contributed by atoms with E-state index in [4.69, 9.17) is 5.10 Å². The lowest BCUT2D eigenvalue weighted by atomic mass is 9.97. The number of rotatable bonds is 5. The number of non-ortho nitro benzene ring substituents is 1. The summed E-state index contributed by atoms with van der Waals surface area (Å²) < 4.78 is 0. The van der Waals surface area contributed by atoms with Gasteiger partial charge in [-0.3, -0.25) is 15.1 Å². The molecule has 1 aliphatic heterocycles. The van der Waals surface area contributed by atoms with E-state index >= 15 is 0 Å². The zero-order valence-electron chi connectivity index (χ0n) is 15.6. The molecule has 0 radical (unpaired) electrons. The van der Waals surface area contributed by atoms with Crippen molar-refractivity contribution in [3.63, 3.8) is 0 Å². The zero-order chi connectivity index (χ0) is 20.2. The molecule has 4 rings (SSSR count).